The van der Waals surface area contributed by atoms with Crippen LogP contribution in [0.3, 0.4) is 0 Å². The Kier molecular flexibility index (Phi) is 3.05. The predicted octanol–water partition coefficient (Wildman–Crippen LogP) is 3.14. The predicted molar refractivity (Wildman–Crippen MR) is 73.6 cm³/mol. The van der Waals surface area contributed by atoms with Crippen molar-refractivity contribution in [3.8, 4) is 0 Å². The van der Waals surface area contributed by atoms with Crippen molar-refractivity contribution in [1.29, 1.82) is 0 Å². The van der Waals surface area contributed by atoms with Crippen molar-refractivity contribution in [2.24, 2.45) is 0 Å². The van der Waals surface area contributed by atoms with E-state index in [2.05, 4.69) is 46.1 Å². The maximum Gasteiger partial charge on any atom is 0.0922 e. The molecule has 1 aromatic heterocycles. The zero-order valence-electron chi connectivity index (χ0n) is 10.8. The van der Waals surface area contributed by atoms with Crippen molar-refractivity contribution >= 4 is 5.69 Å². The highest BCUT2D eigenvalue weighted by molar-refractivity contribution is 5.56. The Morgan fingerprint density at radius 2 is 2.28 bits per heavy atom. The van der Waals surface area contributed by atoms with E-state index in [9.17, 15) is 0 Å². The van der Waals surface area contributed by atoms with Gasteiger partial charge < -0.3 is 9.88 Å². The summed E-state index contributed by atoms with van der Waals surface area (Å²) in [4.78, 5) is 9.84. The monoisotopic (exact) mass is 241 g/mol. The Hall–Kier alpha value is -1.77. The topological polar surface area (TPSA) is 31.9 Å². The molecule has 0 spiro atoms. The molecule has 0 amide bonds. The second-order valence-corrected chi connectivity index (χ2v) is 4.93. The Morgan fingerprint density at radius 1 is 1.39 bits per heavy atom. The molecule has 0 aliphatic carbocycles. The third-order valence-electron chi connectivity index (χ3n) is 3.86. The number of para-hydroxylation sites is 1. The lowest BCUT2D eigenvalue weighted by atomic mass is 9.94. The first-order chi connectivity index (χ1) is 8.88. The summed E-state index contributed by atoms with van der Waals surface area (Å²) in [6.45, 7) is 3.20. The summed E-state index contributed by atoms with van der Waals surface area (Å²) in [7, 11) is 0. The lowest BCUT2D eigenvalue weighted by Crippen LogP contribution is -2.38. The van der Waals surface area contributed by atoms with E-state index >= 15 is 0 Å². The number of rotatable bonds is 3. The first kappa shape index (κ1) is 11.3. The third kappa shape index (κ3) is 2.01. The van der Waals surface area contributed by atoms with E-state index in [-0.39, 0.29) is 0 Å². The van der Waals surface area contributed by atoms with E-state index in [1.54, 1.807) is 6.33 Å². The van der Waals surface area contributed by atoms with Gasteiger partial charge in [-0.1, -0.05) is 25.1 Å². The number of imidazole rings is 1. The van der Waals surface area contributed by atoms with Crippen LogP contribution < -0.4 is 4.90 Å². The molecule has 0 saturated heterocycles. The second-order valence-electron chi connectivity index (χ2n) is 4.93. The first-order valence-corrected chi connectivity index (χ1v) is 6.70. The van der Waals surface area contributed by atoms with Crippen molar-refractivity contribution in [2.45, 2.75) is 38.8 Å². The minimum Gasteiger partial charge on any atom is -0.362 e. The number of anilines is 1. The number of nitrogens with zero attached hydrogens (tertiary/aromatic N) is 2. The highest BCUT2D eigenvalue weighted by atomic mass is 15.2. The van der Waals surface area contributed by atoms with Crippen molar-refractivity contribution < 1.29 is 0 Å². The number of H-pyrrole nitrogens is 1. The molecule has 1 aliphatic heterocycles. The molecule has 1 aromatic carbocycles. The molecule has 3 nitrogen and oxygen atoms in total. The lowest BCUT2D eigenvalue weighted by molar-refractivity contribution is 0.508. The molecule has 0 radical (unpaired) electrons. The molecule has 0 bridgehead atoms. The number of hydrogen-bond donors (Lipinski definition) is 1. The average molecular weight is 241 g/mol. The Balaban J connectivity index is 1.93. The highest BCUT2D eigenvalue weighted by Crippen LogP contribution is 2.32. The fourth-order valence-electron chi connectivity index (χ4n) is 2.87. The highest BCUT2D eigenvalue weighted by Gasteiger charge is 2.24. The zero-order valence-corrected chi connectivity index (χ0v) is 10.8. The minimum absolute atomic E-state index is 0.642. The molecular weight excluding hydrogens is 222 g/mol. The smallest absolute Gasteiger partial charge is 0.0922 e. The molecule has 1 N–H and O–H groups in total. The van der Waals surface area contributed by atoms with Crippen LogP contribution in [-0.4, -0.2) is 16.0 Å². The number of aromatic nitrogens is 2. The van der Waals surface area contributed by atoms with Gasteiger partial charge in [-0.3, -0.25) is 0 Å². The summed E-state index contributed by atoms with van der Waals surface area (Å²) >= 11 is 0. The Labute approximate surface area is 108 Å². The normalized spacial score (nSPS) is 18.7. The Morgan fingerprint density at radius 3 is 3.06 bits per heavy atom. The lowest BCUT2D eigenvalue weighted by Gasteiger charge is -2.38. The van der Waals surface area contributed by atoms with Crippen molar-refractivity contribution in [3.05, 3.63) is 48.0 Å². The van der Waals surface area contributed by atoms with Gasteiger partial charge in [0.1, 0.15) is 0 Å². The summed E-state index contributed by atoms with van der Waals surface area (Å²) in [5.41, 5.74) is 4.05. The van der Waals surface area contributed by atoms with E-state index in [4.69, 9.17) is 0 Å². The van der Waals surface area contributed by atoms with Gasteiger partial charge in [0.05, 0.1) is 18.6 Å². The molecule has 94 valence electrons. The average Bonchev–Trinajstić information content (AvgIpc) is 2.92. The van der Waals surface area contributed by atoms with E-state index in [1.807, 2.05) is 6.20 Å². The van der Waals surface area contributed by atoms with Crippen LogP contribution in [0, 0.1) is 0 Å². The van der Waals surface area contributed by atoms with Crippen LogP contribution in [-0.2, 0) is 13.0 Å². The standard InChI is InChI=1S/C15H19N3/c1-2-14-8-7-12-5-3-4-6-15(12)18(14)10-13-9-16-11-17-13/h3-6,9,11,14H,2,7-8,10H2,1H3,(H,16,17). The Bertz CT molecular complexity index is 504. The fourth-order valence-corrected chi connectivity index (χ4v) is 2.87. The molecule has 1 aliphatic rings. The summed E-state index contributed by atoms with van der Waals surface area (Å²) in [6.07, 6.45) is 7.33. The summed E-state index contributed by atoms with van der Waals surface area (Å²) in [6, 6.07) is 9.41. The third-order valence-corrected chi connectivity index (χ3v) is 3.86. The number of hydrogen-bond acceptors (Lipinski definition) is 2. The van der Waals surface area contributed by atoms with E-state index < -0.39 is 0 Å². The van der Waals surface area contributed by atoms with E-state index in [0.29, 0.717) is 6.04 Å². The molecule has 1 unspecified atom stereocenters. The van der Waals surface area contributed by atoms with Gasteiger partial charge in [-0.15, -0.1) is 0 Å². The molecular formula is C15H19N3. The number of aryl methyl sites for hydroxylation is 1. The molecule has 3 rings (SSSR count). The number of fused-ring (bicyclic) bond motifs is 1. The van der Waals surface area contributed by atoms with Crippen molar-refractivity contribution in [2.75, 3.05) is 4.90 Å². The zero-order chi connectivity index (χ0) is 12.4. The SMILES string of the molecule is CCC1CCc2ccccc2N1Cc1cnc[nH]1. The molecule has 1 atom stereocenters. The van der Waals surface area contributed by atoms with Crippen molar-refractivity contribution in [1.82, 2.24) is 9.97 Å². The van der Waals surface area contributed by atoms with Crippen LogP contribution >= 0.6 is 0 Å². The van der Waals surface area contributed by atoms with Gasteiger partial charge in [0.2, 0.25) is 0 Å². The molecule has 0 fully saturated rings. The van der Waals surface area contributed by atoms with Crippen LogP contribution in [0.25, 0.3) is 0 Å². The number of nitrogens with one attached hydrogen (secondary N) is 1. The van der Waals surface area contributed by atoms with Crippen LogP contribution in [0.2, 0.25) is 0 Å². The summed E-state index contributed by atoms with van der Waals surface area (Å²) in [5.74, 6) is 0. The number of benzene rings is 1. The first-order valence-electron chi connectivity index (χ1n) is 6.70. The van der Waals surface area contributed by atoms with Gasteiger partial charge in [-0.25, -0.2) is 4.98 Å². The molecule has 3 heteroatoms. The molecule has 18 heavy (non-hydrogen) atoms. The van der Waals surface area contributed by atoms with Gasteiger partial charge >= 0.3 is 0 Å². The van der Waals surface area contributed by atoms with Crippen LogP contribution in [0.15, 0.2) is 36.8 Å². The van der Waals surface area contributed by atoms with Crippen molar-refractivity contribution in [3.63, 3.8) is 0 Å². The fraction of sp³-hybridized carbons (Fsp3) is 0.400. The van der Waals surface area contributed by atoms with Gasteiger partial charge in [-0.05, 0) is 30.9 Å². The van der Waals surface area contributed by atoms with Gasteiger partial charge in [0.15, 0.2) is 0 Å². The molecule has 0 saturated carbocycles. The van der Waals surface area contributed by atoms with Crippen LogP contribution in [0.5, 0.6) is 0 Å². The van der Waals surface area contributed by atoms with Gasteiger partial charge in [0, 0.05) is 17.9 Å². The van der Waals surface area contributed by atoms with Gasteiger partial charge in [0.25, 0.3) is 0 Å². The molecule has 2 aromatic rings. The second kappa shape index (κ2) is 4.84. The quantitative estimate of drug-likeness (QED) is 0.895. The maximum atomic E-state index is 4.11. The molecule has 2 heterocycles. The summed E-state index contributed by atoms with van der Waals surface area (Å²) < 4.78 is 0. The van der Waals surface area contributed by atoms with Crippen LogP contribution in [0.1, 0.15) is 31.0 Å². The van der Waals surface area contributed by atoms with Crippen LogP contribution in [0.4, 0.5) is 5.69 Å². The largest absolute Gasteiger partial charge is 0.362 e. The van der Waals surface area contributed by atoms with E-state index in [0.717, 1.165) is 6.54 Å². The maximum absolute atomic E-state index is 4.11. The summed E-state index contributed by atoms with van der Waals surface area (Å²) in [5, 5.41) is 0. The number of aromatic amines is 1. The van der Waals surface area contributed by atoms with E-state index in [1.165, 1.54) is 36.2 Å². The minimum atomic E-state index is 0.642. The van der Waals surface area contributed by atoms with Gasteiger partial charge in [-0.2, -0.15) is 0 Å².